The summed E-state index contributed by atoms with van der Waals surface area (Å²) in [4.78, 5) is -0.0685. The van der Waals surface area contributed by atoms with E-state index in [2.05, 4.69) is 15.9 Å². The van der Waals surface area contributed by atoms with E-state index in [4.69, 9.17) is 20.2 Å². The average molecular weight is 316 g/mol. The third kappa shape index (κ3) is 2.76. The Morgan fingerprint density at radius 2 is 1.60 bits per heavy atom. The molecule has 0 bridgehead atoms. The molecule has 7 heteroatoms. The van der Waals surface area contributed by atoms with Gasteiger partial charge in [0.2, 0.25) is 0 Å². The molecule has 0 unspecified atom stereocenters. The van der Waals surface area contributed by atoms with Crippen molar-refractivity contribution < 1.29 is 17.9 Å². The average Bonchev–Trinajstić information content (AvgIpc) is 2.16. The maximum atomic E-state index is 11.1. The second-order valence-electron chi connectivity index (χ2n) is 2.58. The molecular weight excluding hydrogens is 308 g/mol. The van der Waals surface area contributed by atoms with Gasteiger partial charge in [-0.15, -0.1) is 0 Å². The van der Waals surface area contributed by atoms with Gasteiger partial charge in [-0.25, -0.2) is 8.42 Å². The lowest BCUT2D eigenvalue weighted by Crippen LogP contribution is -1.96. The molecule has 1 rings (SSSR count). The molecule has 4 nitrogen and oxygen atoms in total. The standard InChI is InChI=1S/C8H8BrClO4S/c1-13-6-3-5(15(10,11)12)4-7(14-2)8(6)9/h3-4H,1-2H3. The van der Waals surface area contributed by atoms with Crippen molar-refractivity contribution in [1.29, 1.82) is 0 Å². The van der Waals surface area contributed by atoms with Gasteiger partial charge < -0.3 is 9.47 Å². The summed E-state index contributed by atoms with van der Waals surface area (Å²) in [6.45, 7) is 0. The van der Waals surface area contributed by atoms with E-state index < -0.39 is 9.05 Å². The van der Waals surface area contributed by atoms with Crippen molar-refractivity contribution in [3.8, 4) is 11.5 Å². The van der Waals surface area contributed by atoms with Crippen LogP contribution in [0.3, 0.4) is 0 Å². The van der Waals surface area contributed by atoms with Gasteiger partial charge in [0.25, 0.3) is 9.05 Å². The number of hydrogen-bond acceptors (Lipinski definition) is 4. The van der Waals surface area contributed by atoms with E-state index in [9.17, 15) is 8.42 Å². The molecule has 0 saturated carbocycles. The number of benzene rings is 1. The fourth-order valence-electron chi connectivity index (χ4n) is 0.986. The Morgan fingerprint density at radius 1 is 1.20 bits per heavy atom. The predicted molar refractivity (Wildman–Crippen MR) is 60.3 cm³/mol. The molecule has 0 atom stereocenters. The zero-order valence-corrected chi connectivity index (χ0v) is 11.1. The van der Waals surface area contributed by atoms with Gasteiger partial charge in [-0.2, -0.15) is 0 Å². The third-order valence-corrected chi connectivity index (χ3v) is 3.82. The number of ether oxygens (including phenoxy) is 2. The van der Waals surface area contributed by atoms with Crippen molar-refractivity contribution in [1.82, 2.24) is 0 Å². The third-order valence-electron chi connectivity index (χ3n) is 1.70. The molecule has 0 aromatic heterocycles. The van der Waals surface area contributed by atoms with Gasteiger partial charge >= 0.3 is 0 Å². The van der Waals surface area contributed by atoms with E-state index >= 15 is 0 Å². The fourth-order valence-corrected chi connectivity index (χ4v) is 2.30. The van der Waals surface area contributed by atoms with E-state index in [0.29, 0.717) is 16.0 Å². The first-order chi connectivity index (χ1) is 6.90. The SMILES string of the molecule is COc1cc(S(=O)(=O)Cl)cc(OC)c1Br. The first-order valence-electron chi connectivity index (χ1n) is 3.76. The van der Waals surface area contributed by atoms with Gasteiger partial charge in [0.15, 0.2) is 0 Å². The quantitative estimate of drug-likeness (QED) is 0.804. The molecule has 0 spiro atoms. The van der Waals surface area contributed by atoms with Crippen molar-refractivity contribution in [2.45, 2.75) is 4.90 Å². The summed E-state index contributed by atoms with van der Waals surface area (Å²) >= 11 is 3.21. The molecule has 15 heavy (non-hydrogen) atoms. The molecule has 0 fully saturated rings. The highest BCUT2D eigenvalue weighted by atomic mass is 79.9. The number of methoxy groups -OCH3 is 2. The molecule has 0 saturated heterocycles. The van der Waals surface area contributed by atoms with Crippen molar-refractivity contribution >= 4 is 35.7 Å². The summed E-state index contributed by atoms with van der Waals surface area (Å²) in [6, 6.07) is 2.63. The number of halogens is 2. The summed E-state index contributed by atoms with van der Waals surface area (Å²) in [5.41, 5.74) is 0. The maximum Gasteiger partial charge on any atom is 0.261 e. The van der Waals surface area contributed by atoms with Crippen LogP contribution >= 0.6 is 26.6 Å². The van der Waals surface area contributed by atoms with Gasteiger partial charge in [-0.1, -0.05) is 0 Å². The van der Waals surface area contributed by atoms with E-state index in [1.807, 2.05) is 0 Å². The van der Waals surface area contributed by atoms with Gasteiger partial charge in [0, 0.05) is 22.8 Å². The summed E-state index contributed by atoms with van der Waals surface area (Å²) < 4.78 is 32.7. The smallest absolute Gasteiger partial charge is 0.261 e. The first-order valence-corrected chi connectivity index (χ1v) is 6.86. The van der Waals surface area contributed by atoms with Crippen LogP contribution in [0.5, 0.6) is 11.5 Å². The van der Waals surface area contributed by atoms with Gasteiger partial charge in [0.1, 0.15) is 16.0 Å². The molecule has 0 amide bonds. The van der Waals surface area contributed by atoms with Gasteiger partial charge in [0.05, 0.1) is 19.1 Å². The maximum absolute atomic E-state index is 11.1. The van der Waals surface area contributed by atoms with E-state index in [1.165, 1.54) is 26.4 Å². The van der Waals surface area contributed by atoms with Gasteiger partial charge in [-0.3, -0.25) is 0 Å². The Balaban J connectivity index is 3.47. The minimum atomic E-state index is -3.79. The lowest BCUT2D eigenvalue weighted by Gasteiger charge is -2.09. The van der Waals surface area contributed by atoms with E-state index in [0.717, 1.165) is 0 Å². The molecule has 0 radical (unpaired) electrons. The second-order valence-corrected chi connectivity index (χ2v) is 5.94. The lowest BCUT2D eigenvalue weighted by atomic mass is 10.3. The fraction of sp³-hybridized carbons (Fsp3) is 0.250. The summed E-state index contributed by atoms with van der Waals surface area (Å²) in [6.07, 6.45) is 0. The molecule has 0 aliphatic carbocycles. The summed E-state index contributed by atoms with van der Waals surface area (Å²) in [7, 11) is 4.26. The Kier molecular flexibility index (Phi) is 3.86. The van der Waals surface area contributed by atoms with Crippen LogP contribution in [0.15, 0.2) is 21.5 Å². The van der Waals surface area contributed by atoms with Crippen LogP contribution in [0.2, 0.25) is 0 Å². The van der Waals surface area contributed by atoms with E-state index in [-0.39, 0.29) is 4.90 Å². The molecule has 0 heterocycles. The molecule has 1 aromatic carbocycles. The number of rotatable bonds is 3. The first kappa shape index (κ1) is 12.6. The Bertz CT molecular complexity index is 447. The monoisotopic (exact) mass is 314 g/mol. The minimum absolute atomic E-state index is 0.0685. The molecule has 84 valence electrons. The van der Waals surface area contributed by atoms with Crippen LogP contribution in [0.4, 0.5) is 0 Å². The molecule has 0 aliphatic rings. The zero-order chi connectivity index (χ0) is 11.6. The van der Waals surface area contributed by atoms with Crippen molar-refractivity contribution in [3.63, 3.8) is 0 Å². The van der Waals surface area contributed by atoms with Crippen molar-refractivity contribution in [2.24, 2.45) is 0 Å². The summed E-state index contributed by atoms with van der Waals surface area (Å²) in [5, 5.41) is 0. The van der Waals surface area contributed by atoms with E-state index in [1.54, 1.807) is 0 Å². The van der Waals surface area contributed by atoms with Crippen LogP contribution < -0.4 is 9.47 Å². The Hall–Kier alpha value is -0.460. The highest BCUT2D eigenvalue weighted by Crippen LogP contribution is 2.37. The van der Waals surface area contributed by atoms with Crippen LogP contribution in [-0.4, -0.2) is 22.6 Å². The molecule has 0 aliphatic heterocycles. The molecule has 1 aromatic rings. The largest absolute Gasteiger partial charge is 0.495 e. The summed E-state index contributed by atoms with van der Waals surface area (Å²) in [5.74, 6) is 0.683. The highest BCUT2D eigenvalue weighted by Gasteiger charge is 2.17. The van der Waals surface area contributed by atoms with Crippen molar-refractivity contribution in [3.05, 3.63) is 16.6 Å². The van der Waals surface area contributed by atoms with Crippen molar-refractivity contribution in [2.75, 3.05) is 14.2 Å². The lowest BCUT2D eigenvalue weighted by molar-refractivity contribution is 0.387. The minimum Gasteiger partial charge on any atom is -0.495 e. The van der Waals surface area contributed by atoms with Crippen LogP contribution in [-0.2, 0) is 9.05 Å². The van der Waals surface area contributed by atoms with Crippen LogP contribution in [0.25, 0.3) is 0 Å². The van der Waals surface area contributed by atoms with Crippen LogP contribution in [0, 0.1) is 0 Å². The predicted octanol–water partition coefficient (Wildman–Crippen LogP) is 2.39. The normalized spacial score (nSPS) is 11.2. The highest BCUT2D eigenvalue weighted by molar-refractivity contribution is 9.10. The topological polar surface area (TPSA) is 52.6 Å². The van der Waals surface area contributed by atoms with Crippen LogP contribution in [0.1, 0.15) is 0 Å². The number of hydrogen-bond donors (Lipinski definition) is 0. The molecular formula is C8H8BrClO4S. The second kappa shape index (κ2) is 4.59. The zero-order valence-electron chi connectivity index (χ0n) is 7.95. The Morgan fingerprint density at radius 3 is 1.87 bits per heavy atom. The molecule has 0 N–H and O–H groups in total. The Labute approximate surface area is 101 Å². The van der Waals surface area contributed by atoms with Gasteiger partial charge in [-0.05, 0) is 15.9 Å².